The third-order valence-corrected chi connectivity index (χ3v) is 4.76. The number of amides is 1. The average Bonchev–Trinajstić information content (AvgIpc) is 2.54. The standard InChI is InChI=1S/C14H18F3N3O4S/c15-14(16,17)9-19-25(22,23)12-3-1-10(2-4-12)20-13(21)7-11-8-24-6-5-18-11/h1-4,11,18-19H,5-9H2,(H,20,21). The van der Waals surface area contributed by atoms with E-state index >= 15 is 0 Å². The highest BCUT2D eigenvalue weighted by Crippen LogP contribution is 2.17. The lowest BCUT2D eigenvalue weighted by Crippen LogP contribution is -2.43. The summed E-state index contributed by atoms with van der Waals surface area (Å²) in [5, 5.41) is 5.72. The van der Waals surface area contributed by atoms with Gasteiger partial charge in [-0.1, -0.05) is 0 Å². The molecule has 1 aromatic carbocycles. The fraction of sp³-hybridized carbons (Fsp3) is 0.500. The van der Waals surface area contributed by atoms with Gasteiger partial charge in [0.25, 0.3) is 0 Å². The Hall–Kier alpha value is -1.69. The summed E-state index contributed by atoms with van der Waals surface area (Å²) in [5.41, 5.74) is 0.344. The number of hydrogen-bond acceptors (Lipinski definition) is 5. The van der Waals surface area contributed by atoms with Crippen molar-refractivity contribution >= 4 is 21.6 Å². The molecule has 0 bridgehead atoms. The first-order chi connectivity index (χ1) is 11.7. The van der Waals surface area contributed by atoms with E-state index in [1.54, 1.807) is 0 Å². The topological polar surface area (TPSA) is 96.5 Å². The largest absolute Gasteiger partial charge is 0.402 e. The van der Waals surface area contributed by atoms with Crippen LogP contribution in [-0.4, -0.2) is 52.8 Å². The van der Waals surface area contributed by atoms with Gasteiger partial charge >= 0.3 is 6.18 Å². The van der Waals surface area contributed by atoms with Crippen molar-refractivity contribution < 1.29 is 31.1 Å². The second-order valence-corrected chi connectivity index (χ2v) is 7.21. The molecule has 0 aromatic heterocycles. The summed E-state index contributed by atoms with van der Waals surface area (Å²) >= 11 is 0. The quantitative estimate of drug-likeness (QED) is 0.679. The molecule has 0 radical (unpaired) electrons. The zero-order valence-corrected chi connectivity index (χ0v) is 13.9. The molecule has 2 rings (SSSR count). The molecule has 0 aliphatic carbocycles. The molecule has 0 saturated carbocycles. The van der Waals surface area contributed by atoms with Crippen molar-refractivity contribution in [1.29, 1.82) is 0 Å². The van der Waals surface area contributed by atoms with E-state index in [1.165, 1.54) is 16.9 Å². The maximum absolute atomic E-state index is 12.1. The lowest BCUT2D eigenvalue weighted by atomic mass is 10.2. The first-order valence-corrected chi connectivity index (χ1v) is 8.91. The number of alkyl halides is 3. The molecule has 7 nitrogen and oxygen atoms in total. The number of rotatable bonds is 6. The van der Waals surface area contributed by atoms with E-state index in [0.29, 0.717) is 25.4 Å². The smallest absolute Gasteiger partial charge is 0.378 e. The number of anilines is 1. The SMILES string of the molecule is O=C(CC1COCCN1)Nc1ccc(S(=O)(=O)NCC(F)(F)F)cc1. The van der Waals surface area contributed by atoms with Crippen LogP contribution in [0.1, 0.15) is 6.42 Å². The van der Waals surface area contributed by atoms with Crippen LogP contribution in [-0.2, 0) is 19.6 Å². The van der Waals surface area contributed by atoms with Crippen LogP contribution in [0.25, 0.3) is 0 Å². The van der Waals surface area contributed by atoms with Crippen LogP contribution in [0.3, 0.4) is 0 Å². The maximum atomic E-state index is 12.1. The maximum Gasteiger partial charge on any atom is 0.402 e. The number of halogens is 3. The van der Waals surface area contributed by atoms with Gasteiger partial charge in [-0.25, -0.2) is 13.1 Å². The summed E-state index contributed by atoms with van der Waals surface area (Å²) in [6, 6.07) is 4.77. The normalized spacial score (nSPS) is 18.8. The first-order valence-electron chi connectivity index (χ1n) is 7.43. The van der Waals surface area contributed by atoms with Crippen molar-refractivity contribution in [2.75, 3.05) is 31.6 Å². The number of benzene rings is 1. The first kappa shape index (κ1) is 19.6. The second kappa shape index (κ2) is 8.13. The molecule has 11 heteroatoms. The predicted molar refractivity (Wildman–Crippen MR) is 83.5 cm³/mol. The molecule has 1 unspecified atom stereocenters. The fourth-order valence-corrected chi connectivity index (χ4v) is 3.18. The molecule has 1 amide bonds. The van der Waals surface area contributed by atoms with Gasteiger partial charge in [0.1, 0.15) is 6.54 Å². The van der Waals surface area contributed by atoms with Gasteiger partial charge in [0.05, 0.1) is 18.1 Å². The summed E-state index contributed by atoms with van der Waals surface area (Å²) in [7, 11) is -4.27. The van der Waals surface area contributed by atoms with E-state index < -0.39 is 22.7 Å². The van der Waals surface area contributed by atoms with Crippen molar-refractivity contribution in [2.45, 2.75) is 23.5 Å². The van der Waals surface area contributed by atoms with Crippen LogP contribution in [0.15, 0.2) is 29.2 Å². The Morgan fingerprint density at radius 2 is 1.96 bits per heavy atom. The van der Waals surface area contributed by atoms with Crippen LogP contribution in [0.2, 0.25) is 0 Å². The van der Waals surface area contributed by atoms with E-state index in [2.05, 4.69) is 10.6 Å². The van der Waals surface area contributed by atoms with E-state index in [4.69, 9.17) is 4.74 Å². The number of carbonyl (C=O) groups excluding carboxylic acids is 1. The highest BCUT2D eigenvalue weighted by atomic mass is 32.2. The zero-order valence-electron chi connectivity index (χ0n) is 13.1. The molecular weight excluding hydrogens is 363 g/mol. The number of nitrogens with one attached hydrogen (secondary N) is 3. The molecule has 1 atom stereocenters. The summed E-state index contributed by atoms with van der Waals surface area (Å²) in [6.07, 6.45) is -4.45. The van der Waals surface area contributed by atoms with Crippen molar-refractivity contribution in [1.82, 2.24) is 10.0 Å². The van der Waals surface area contributed by atoms with Gasteiger partial charge in [0.15, 0.2) is 0 Å². The predicted octanol–water partition coefficient (Wildman–Crippen LogP) is 0.844. The van der Waals surface area contributed by atoms with Crippen LogP contribution in [0, 0.1) is 0 Å². The van der Waals surface area contributed by atoms with Gasteiger partial charge in [-0.2, -0.15) is 13.2 Å². The van der Waals surface area contributed by atoms with Crippen molar-refractivity contribution in [3.8, 4) is 0 Å². The molecule has 140 valence electrons. The van der Waals surface area contributed by atoms with Crippen LogP contribution in [0.4, 0.5) is 18.9 Å². The molecule has 25 heavy (non-hydrogen) atoms. The molecule has 1 saturated heterocycles. The summed E-state index contributed by atoms with van der Waals surface area (Å²) in [4.78, 5) is 11.6. The lowest BCUT2D eigenvalue weighted by molar-refractivity contribution is -0.121. The minimum atomic E-state index is -4.64. The van der Waals surface area contributed by atoms with Crippen molar-refractivity contribution in [3.05, 3.63) is 24.3 Å². The number of carbonyl (C=O) groups is 1. The summed E-state index contributed by atoms with van der Waals surface area (Å²) in [5.74, 6) is -0.284. The number of hydrogen-bond donors (Lipinski definition) is 3. The number of morpholine rings is 1. The molecular formula is C14H18F3N3O4S. The van der Waals surface area contributed by atoms with E-state index in [1.807, 2.05) is 0 Å². The minimum Gasteiger partial charge on any atom is -0.378 e. The Bertz CT molecular complexity index is 686. The van der Waals surface area contributed by atoms with Crippen molar-refractivity contribution in [3.63, 3.8) is 0 Å². The Kier molecular flexibility index (Phi) is 6.38. The fourth-order valence-electron chi connectivity index (χ4n) is 2.16. The third-order valence-electron chi connectivity index (χ3n) is 3.34. The van der Waals surface area contributed by atoms with Crippen LogP contribution in [0.5, 0.6) is 0 Å². The third kappa shape index (κ3) is 6.61. The second-order valence-electron chi connectivity index (χ2n) is 5.44. The molecule has 1 aromatic rings. The number of ether oxygens (including phenoxy) is 1. The Morgan fingerprint density at radius 1 is 1.28 bits per heavy atom. The van der Waals surface area contributed by atoms with Gasteiger partial charge < -0.3 is 15.4 Å². The Labute approximate surface area is 143 Å². The van der Waals surface area contributed by atoms with Crippen molar-refractivity contribution in [2.24, 2.45) is 0 Å². The molecule has 1 heterocycles. The van der Waals surface area contributed by atoms with Gasteiger partial charge in [0.2, 0.25) is 15.9 Å². The van der Waals surface area contributed by atoms with Gasteiger partial charge in [-0.3, -0.25) is 4.79 Å². The molecule has 1 aliphatic rings. The molecule has 1 aliphatic heterocycles. The van der Waals surface area contributed by atoms with Crippen LogP contribution >= 0.6 is 0 Å². The summed E-state index contributed by atoms with van der Waals surface area (Å²) in [6.45, 7) is 0.0333. The van der Waals surface area contributed by atoms with Gasteiger partial charge in [0, 0.05) is 24.7 Å². The van der Waals surface area contributed by atoms with Gasteiger partial charge in [-0.05, 0) is 24.3 Å². The number of sulfonamides is 1. The lowest BCUT2D eigenvalue weighted by Gasteiger charge is -2.23. The Morgan fingerprint density at radius 3 is 2.52 bits per heavy atom. The average molecular weight is 381 g/mol. The van der Waals surface area contributed by atoms with Crippen LogP contribution < -0.4 is 15.4 Å². The highest BCUT2D eigenvalue weighted by Gasteiger charge is 2.30. The highest BCUT2D eigenvalue weighted by molar-refractivity contribution is 7.89. The zero-order chi connectivity index (χ0) is 18.5. The molecule has 3 N–H and O–H groups in total. The monoisotopic (exact) mass is 381 g/mol. The Balaban J connectivity index is 1.91. The van der Waals surface area contributed by atoms with E-state index in [9.17, 15) is 26.4 Å². The molecule has 0 spiro atoms. The van der Waals surface area contributed by atoms with Gasteiger partial charge in [-0.15, -0.1) is 0 Å². The summed E-state index contributed by atoms with van der Waals surface area (Å²) < 4.78 is 66.6. The van der Waals surface area contributed by atoms with E-state index in [-0.39, 0.29) is 23.3 Å². The minimum absolute atomic E-state index is 0.0973. The molecule has 1 fully saturated rings. The van der Waals surface area contributed by atoms with E-state index in [0.717, 1.165) is 12.1 Å².